The highest BCUT2D eigenvalue weighted by Crippen LogP contribution is 2.43. The molecule has 1 aliphatic carbocycles. The molecule has 0 atom stereocenters. The van der Waals surface area contributed by atoms with Gasteiger partial charge in [0.2, 0.25) is 5.89 Å². The van der Waals surface area contributed by atoms with Gasteiger partial charge in [-0.1, -0.05) is 25.5 Å². The summed E-state index contributed by atoms with van der Waals surface area (Å²) in [6.45, 7) is 8.87. The fourth-order valence-electron chi connectivity index (χ4n) is 5.00. The predicted octanol–water partition coefficient (Wildman–Crippen LogP) is 7.13. The van der Waals surface area contributed by atoms with Crippen LogP contribution in [0.3, 0.4) is 0 Å². The van der Waals surface area contributed by atoms with Crippen molar-refractivity contribution in [3.8, 4) is 34.1 Å². The van der Waals surface area contributed by atoms with Crippen LogP contribution >= 0.6 is 0 Å². The van der Waals surface area contributed by atoms with Gasteiger partial charge in [0.25, 0.3) is 0 Å². The van der Waals surface area contributed by atoms with E-state index in [1.54, 1.807) is 6.33 Å². The number of nitrogens with zero attached hydrogens (tertiary/aromatic N) is 5. The molecule has 3 heterocycles. The third-order valence-electron chi connectivity index (χ3n) is 7.38. The second-order valence-corrected chi connectivity index (χ2v) is 11.2. The zero-order valence-electron chi connectivity index (χ0n) is 22.8. The fraction of sp³-hybridized carbons (Fsp3) is 0.355. The molecule has 5 aromatic rings. The highest BCUT2D eigenvalue weighted by molar-refractivity contribution is 5.84. The summed E-state index contributed by atoms with van der Waals surface area (Å²) < 4.78 is 22.8. The van der Waals surface area contributed by atoms with Crippen LogP contribution < -0.4 is 5.73 Å². The topological polar surface area (TPSA) is 95.7 Å². The van der Waals surface area contributed by atoms with Crippen molar-refractivity contribution in [3.05, 3.63) is 71.4 Å². The van der Waals surface area contributed by atoms with E-state index in [1.165, 1.54) is 12.1 Å². The van der Waals surface area contributed by atoms with Crippen LogP contribution in [0.1, 0.15) is 69.2 Å². The predicted molar refractivity (Wildman–Crippen MR) is 150 cm³/mol. The van der Waals surface area contributed by atoms with Crippen LogP contribution in [0.2, 0.25) is 0 Å². The molecule has 7 nitrogen and oxygen atoms in total. The summed E-state index contributed by atoms with van der Waals surface area (Å²) in [5.74, 6) is 1.19. The minimum atomic E-state index is -0.494. The third-order valence-corrected chi connectivity index (χ3v) is 7.38. The second-order valence-electron chi connectivity index (χ2n) is 11.2. The van der Waals surface area contributed by atoms with E-state index in [0.29, 0.717) is 28.9 Å². The molecule has 1 saturated carbocycles. The van der Waals surface area contributed by atoms with E-state index in [0.717, 1.165) is 71.3 Å². The SMILES string of the molecule is CCCCn1cnnc1-c1cc(F)ccc1-c1cc(-c2nc3cc(C(C)(C)N)cc(C)c3o2)nc(C2CC2)c1. The Kier molecular flexibility index (Phi) is 6.30. The molecule has 0 spiro atoms. The number of hydrogen-bond donors (Lipinski definition) is 1. The lowest BCUT2D eigenvalue weighted by molar-refractivity contribution is 0.554. The highest BCUT2D eigenvalue weighted by Gasteiger charge is 2.28. The molecule has 3 aromatic heterocycles. The van der Waals surface area contributed by atoms with E-state index < -0.39 is 5.54 Å². The molecule has 6 rings (SSSR count). The van der Waals surface area contributed by atoms with Crippen molar-refractivity contribution >= 4 is 11.1 Å². The summed E-state index contributed by atoms with van der Waals surface area (Å²) in [5.41, 5.74) is 13.5. The van der Waals surface area contributed by atoms with Crippen molar-refractivity contribution in [1.82, 2.24) is 24.7 Å². The van der Waals surface area contributed by atoms with Gasteiger partial charge in [0.1, 0.15) is 23.4 Å². The van der Waals surface area contributed by atoms with Gasteiger partial charge in [-0.05, 0) is 92.6 Å². The molecule has 0 saturated heterocycles. The number of fused-ring (bicyclic) bond motifs is 1. The Morgan fingerprint density at radius 2 is 1.90 bits per heavy atom. The van der Waals surface area contributed by atoms with Crippen LogP contribution in [0, 0.1) is 12.7 Å². The number of aryl methyl sites for hydroxylation is 2. The zero-order valence-corrected chi connectivity index (χ0v) is 22.8. The Morgan fingerprint density at radius 3 is 2.64 bits per heavy atom. The molecule has 2 aromatic carbocycles. The Balaban J connectivity index is 1.50. The molecule has 0 amide bonds. The van der Waals surface area contributed by atoms with Crippen molar-refractivity contribution in [2.45, 2.75) is 71.4 Å². The first-order chi connectivity index (χ1) is 18.7. The van der Waals surface area contributed by atoms with Crippen LogP contribution in [0.5, 0.6) is 0 Å². The molecule has 1 aliphatic rings. The van der Waals surface area contributed by atoms with E-state index in [4.69, 9.17) is 20.1 Å². The molecular formula is C31H33FN6O. The maximum absolute atomic E-state index is 14.6. The van der Waals surface area contributed by atoms with Gasteiger partial charge in [-0.2, -0.15) is 0 Å². The smallest absolute Gasteiger partial charge is 0.246 e. The first-order valence-corrected chi connectivity index (χ1v) is 13.6. The molecule has 0 unspecified atom stereocenters. The molecule has 0 aliphatic heterocycles. The first kappa shape index (κ1) is 25.4. The number of benzene rings is 2. The van der Waals surface area contributed by atoms with Crippen LogP contribution in [0.4, 0.5) is 4.39 Å². The van der Waals surface area contributed by atoms with E-state index in [2.05, 4.69) is 29.3 Å². The number of oxazole rings is 1. The highest BCUT2D eigenvalue weighted by atomic mass is 19.1. The molecule has 2 N–H and O–H groups in total. The van der Waals surface area contributed by atoms with Crippen molar-refractivity contribution in [3.63, 3.8) is 0 Å². The molecule has 200 valence electrons. The Bertz CT molecular complexity index is 1670. The Hall–Kier alpha value is -3.91. The Labute approximate surface area is 227 Å². The minimum absolute atomic E-state index is 0.316. The molecule has 1 fully saturated rings. The van der Waals surface area contributed by atoms with Gasteiger partial charge in [-0.25, -0.2) is 14.4 Å². The minimum Gasteiger partial charge on any atom is -0.434 e. The number of nitrogens with two attached hydrogens (primary N) is 1. The van der Waals surface area contributed by atoms with E-state index in [-0.39, 0.29) is 5.82 Å². The first-order valence-electron chi connectivity index (χ1n) is 13.6. The van der Waals surface area contributed by atoms with Crippen LogP contribution in [0.25, 0.3) is 45.2 Å². The number of unbranched alkanes of at least 4 members (excludes halogenated alkanes) is 1. The van der Waals surface area contributed by atoms with Crippen molar-refractivity contribution in [1.29, 1.82) is 0 Å². The normalized spacial score (nSPS) is 13.9. The summed E-state index contributed by atoms with van der Waals surface area (Å²) in [7, 11) is 0. The van der Waals surface area contributed by atoms with Gasteiger partial charge in [0.05, 0.1) is 0 Å². The molecule has 39 heavy (non-hydrogen) atoms. The summed E-state index contributed by atoms with van der Waals surface area (Å²) in [4.78, 5) is 9.80. The number of rotatable bonds is 8. The summed E-state index contributed by atoms with van der Waals surface area (Å²) in [5, 5.41) is 8.51. The van der Waals surface area contributed by atoms with Crippen molar-refractivity contribution in [2.75, 3.05) is 0 Å². The van der Waals surface area contributed by atoms with Crippen molar-refractivity contribution < 1.29 is 8.81 Å². The molecular weight excluding hydrogens is 491 g/mol. The van der Waals surface area contributed by atoms with Gasteiger partial charge in [-0.3, -0.25) is 0 Å². The van der Waals surface area contributed by atoms with Crippen LogP contribution in [-0.2, 0) is 12.1 Å². The fourth-order valence-corrected chi connectivity index (χ4v) is 5.00. The maximum Gasteiger partial charge on any atom is 0.246 e. The molecule has 0 bridgehead atoms. The Morgan fingerprint density at radius 1 is 1.08 bits per heavy atom. The quantitative estimate of drug-likeness (QED) is 0.232. The summed E-state index contributed by atoms with van der Waals surface area (Å²) >= 11 is 0. The standard InChI is InChI=1S/C31H33FN6O/c1-5-6-11-38-17-34-37-29(38)24-16-22(32)9-10-23(24)20-13-25(19-7-8-19)35-27(14-20)30-36-26-15-21(31(3,4)33)12-18(2)28(26)39-30/h9-10,12-17,19H,5-8,11,33H2,1-4H3. The lowest BCUT2D eigenvalue weighted by Crippen LogP contribution is -2.28. The van der Waals surface area contributed by atoms with Gasteiger partial charge in [0, 0.05) is 29.3 Å². The second kappa shape index (κ2) is 9.68. The lowest BCUT2D eigenvalue weighted by Gasteiger charge is -2.19. The van der Waals surface area contributed by atoms with Gasteiger partial charge in [-0.15, -0.1) is 10.2 Å². The summed E-state index contributed by atoms with van der Waals surface area (Å²) in [6.07, 6.45) is 5.94. The number of halogens is 1. The maximum atomic E-state index is 14.6. The third kappa shape index (κ3) is 4.96. The molecule has 0 radical (unpaired) electrons. The molecule has 8 heteroatoms. The van der Waals surface area contributed by atoms with E-state index in [9.17, 15) is 4.39 Å². The van der Waals surface area contributed by atoms with E-state index >= 15 is 0 Å². The average Bonchev–Trinajstić information content (AvgIpc) is 3.49. The number of aromatic nitrogens is 5. The van der Waals surface area contributed by atoms with Crippen molar-refractivity contribution in [2.24, 2.45) is 5.73 Å². The van der Waals surface area contributed by atoms with Gasteiger partial charge < -0.3 is 14.7 Å². The van der Waals surface area contributed by atoms with Crippen LogP contribution in [-0.4, -0.2) is 24.7 Å². The average molecular weight is 525 g/mol. The zero-order chi connectivity index (χ0) is 27.3. The number of pyridine rings is 1. The van der Waals surface area contributed by atoms with E-state index in [1.807, 2.05) is 43.5 Å². The lowest BCUT2D eigenvalue weighted by atomic mass is 9.94. The van der Waals surface area contributed by atoms with Crippen LogP contribution in [0.15, 0.2) is 53.2 Å². The summed E-state index contributed by atoms with van der Waals surface area (Å²) in [6, 6.07) is 13.0. The largest absolute Gasteiger partial charge is 0.434 e. The van der Waals surface area contributed by atoms with Gasteiger partial charge >= 0.3 is 0 Å². The van der Waals surface area contributed by atoms with Gasteiger partial charge in [0.15, 0.2) is 11.4 Å². The number of hydrogen-bond acceptors (Lipinski definition) is 6. The monoisotopic (exact) mass is 524 g/mol.